The lowest BCUT2D eigenvalue weighted by molar-refractivity contribution is 0.550. The maximum Gasteiger partial charge on any atom is 0.0645 e. The van der Waals surface area contributed by atoms with E-state index < -0.39 is 0 Å². The van der Waals surface area contributed by atoms with E-state index in [0.717, 1.165) is 17.8 Å². The molecule has 1 atom stereocenters. The van der Waals surface area contributed by atoms with Gasteiger partial charge in [-0.15, -0.1) is 12.3 Å². The van der Waals surface area contributed by atoms with Gasteiger partial charge < -0.3 is 11.1 Å². The van der Waals surface area contributed by atoms with Crippen molar-refractivity contribution in [3.05, 3.63) is 48.3 Å². The molecular formula is C15H18N4. The highest BCUT2D eigenvalue weighted by atomic mass is 15.3. The van der Waals surface area contributed by atoms with Crippen LogP contribution in [0.5, 0.6) is 0 Å². The molecule has 0 spiro atoms. The van der Waals surface area contributed by atoms with Crippen LogP contribution >= 0.6 is 0 Å². The Morgan fingerprint density at radius 3 is 2.84 bits per heavy atom. The zero-order valence-electron chi connectivity index (χ0n) is 10.8. The van der Waals surface area contributed by atoms with E-state index in [9.17, 15) is 0 Å². The van der Waals surface area contributed by atoms with Crippen LogP contribution in [0, 0.1) is 12.3 Å². The Bertz CT molecular complexity index is 539. The van der Waals surface area contributed by atoms with Gasteiger partial charge in [0.15, 0.2) is 0 Å². The summed E-state index contributed by atoms with van der Waals surface area (Å²) in [5, 5.41) is 7.69. The van der Waals surface area contributed by atoms with E-state index in [4.69, 9.17) is 12.2 Å². The summed E-state index contributed by atoms with van der Waals surface area (Å²) in [7, 11) is 0. The summed E-state index contributed by atoms with van der Waals surface area (Å²) < 4.78 is 1.85. The molecule has 1 aromatic heterocycles. The molecule has 2 aromatic rings. The lowest BCUT2D eigenvalue weighted by Gasteiger charge is -2.13. The fraction of sp³-hybridized carbons (Fsp3) is 0.267. The molecule has 0 aliphatic carbocycles. The van der Waals surface area contributed by atoms with Gasteiger partial charge in [0, 0.05) is 37.3 Å². The second-order valence-corrected chi connectivity index (χ2v) is 4.25. The maximum atomic E-state index is 5.78. The minimum absolute atomic E-state index is 0.0887. The summed E-state index contributed by atoms with van der Waals surface area (Å²) in [5.74, 6) is 2.61. The van der Waals surface area contributed by atoms with E-state index in [1.54, 1.807) is 0 Å². The second kappa shape index (κ2) is 6.74. The zero-order valence-corrected chi connectivity index (χ0v) is 10.8. The molecule has 3 N–H and O–H groups in total. The van der Waals surface area contributed by atoms with Crippen LogP contribution in [0.3, 0.4) is 0 Å². The average Bonchev–Trinajstić information content (AvgIpc) is 2.94. The predicted molar refractivity (Wildman–Crippen MR) is 76.8 cm³/mol. The Kier molecular flexibility index (Phi) is 4.73. The Morgan fingerprint density at radius 1 is 1.37 bits per heavy atom. The first-order valence-corrected chi connectivity index (χ1v) is 6.32. The van der Waals surface area contributed by atoms with Crippen LogP contribution in [0.1, 0.15) is 18.0 Å². The monoisotopic (exact) mass is 254 g/mol. The predicted octanol–water partition coefficient (Wildman–Crippen LogP) is 1.48. The Labute approximate surface area is 113 Å². The molecule has 2 rings (SSSR count). The van der Waals surface area contributed by atoms with Crippen LogP contribution in [-0.4, -0.2) is 22.9 Å². The number of hydrogen-bond donors (Lipinski definition) is 2. The van der Waals surface area contributed by atoms with E-state index in [-0.39, 0.29) is 6.04 Å². The molecule has 0 amide bonds. The lowest BCUT2D eigenvalue weighted by Crippen LogP contribution is -2.28. The highest BCUT2D eigenvalue weighted by molar-refractivity contribution is 5.31. The number of nitrogens with one attached hydrogen (secondary N) is 1. The van der Waals surface area contributed by atoms with Gasteiger partial charge in [0.05, 0.1) is 11.9 Å². The minimum Gasteiger partial charge on any atom is -0.329 e. The molecule has 1 unspecified atom stereocenters. The highest BCUT2D eigenvalue weighted by Crippen LogP contribution is 2.13. The van der Waals surface area contributed by atoms with Gasteiger partial charge in [-0.1, -0.05) is 18.2 Å². The van der Waals surface area contributed by atoms with Gasteiger partial charge in [-0.25, -0.2) is 4.68 Å². The number of benzene rings is 1. The van der Waals surface area contributed by atoms with Gasteiger partial charge in [0.2, 0.25) is 0 Å². The average molecular weight is 254 g/mol. The van der Waals surface area contributed by atoms with Gasteiger partial charge in [-0.2, -0.15) is 5.10 Å². The van der Waals surface area contributed by atoms with E-state index in [2.05, 4.69) is 16.3 Å². The van der Waals surface area contributed by atoms with Gasteiger partial charge >= 0.3 is 0 Å². The fourth-order valence-corrected chi connectivity index (χ4v) is 1.89. The molecule has 0 saturated heterocycles. The third-order valence-electron chi connectivity index (χ3n) is 2.92. The van der Waals surface area contributed by atoms with Gasteiger partial charge in [-0.3, -0.25) is 0 Å². The minimum atomic E-state index is 0.0887. The summed E-state index contributed by atoms with van der Waals surface area (Å²) in [6.07, 6.45) is 9.77. The quantitative estimate of drug-likeness (QED) is 0.606. The fourth-order valence-electron chi connectivity index (χ4n) is 1.89. The molecule has 0 fully saturated rings. The number of terminal acetylenes is 1. The van der Waals surface area contributed by atoms with Gasteiger partial charge in [0.25, 0.3) is 0 Å². The number of hydrogen-bond acceptors (Lipinski definition) is 3. The van der Waals surface area contributed by atoms with Crippen LogP contribution in [0.15, 0.2) is 42.7 Å². The Morgan fingerprint density at radius 2 is 2.16 bits per heavy atom. The molecular weight excluding hydrogens is 236 g/mol. The smallest absolute Gasteiger partial charge is 0.0645 e. The summed E-state index contributed by atoms with van der Waals surface area (Å²) >= 11 is 0. The first-order chi connectivity index (χ1) is 9.35. The number of nitrogens with zero attached hydrogens (tertiary/aromatic N) is 2. The topological polar surface area (TPSA) is 55.9 Å². The van der Waals surface area contributed by atoms with Crippen LogP contribution in [0.25, 0.3) is 5.69 Å². The molecule has 0 bridgehead atoms. The summed E-state index contributed by atoms with van der Waals surface area (Å²) in [6, 6.07) is 10.1. The number of para-hydroxylation sites is 1. The van der Waals surface area contributed by atoms with Crippen molar-refractivity contribution in [3.8, 4) is 18.0 Å². The molecule has 1 heterocycles. The van der Waals surface area contributed by atoms with E-state index in [1.807, 2.05) is 47.4 Å². The van der Waals surface area contributed by atoms with Crippen molar-refractivity contribution in [2.24, 2.45) is 5.73 Å². The summed E-state index contributed by atoms with van der Waals surface area (Å²) in [5.41, 5.74) is 7.89. The highest BCUT2D eigenvalue weighted by Gasteiger charge is 2.11. The number of nitrogens with two attached hydrogens (primary N) is 1. The molecule has 4 heteroatoms. The molecule has 19 heavy (non-hydrogen) atoms. The molecule has 1 aromatic carbocycles. The van der Waals surface area contributed by atoms with Crippen molar-refractivity contribution in [2.75, 3.05) is 13.1 Å². The van der Waals surface area contributed by atoms with E-state index in [1.165, 1.54) is 0 Å². The van der Waals surface area contributed by atoms with Crippen LogP contribution in [-0.2, 0) is 0 Å². The van der Waals surface area contributed by atoms with Crippen LogP contribution in [0.4, 0.5) is 0 Å². The van der Waals surface area contributed by atoms with Gasteiger partial charge in [0.1, 0.15) is 0 Å². The van der Waals surface area contributed by atoms with Crippen molar-refractivity contribution in [2.45, 2.75) is 12.5 Å². The van der Waals surface area contributed by atoms with Crippen molar-refractivity contribution in [1.82, 2.24) is 15.1 Å². The molecule has 0 saturated carbocycles. The summed E-state index contributed by atoms with van der Waals surface area (Å²) in [6.45, 7) is 1.28. The Hall–Kier alpha value is -2.09. The van der Waals surface area contributed by atoms with E-state index in [0.29, 0.717) is 13.0 Å². The zero-order chi connectivity index (χ0) is 13.5. The van der Waals surface area contributed by atoms with Gasteiger partial charge in [-0.05, 0) is 12.1 Å². The van der Waals surface area contributed by atoms with Crippen molar-refractivity contribution >= 4 is 0 Å². The maximum absolute atomic E-state index is 5.78. The number of rotatable bonds is 6. The van der Waals surface area contributed by atoms with Crippen molar-refractivity contribution in [3.63, 3.8) is 0 Å². The SMILES string of the molecule is C#CCCNC(CN)c1cnn(-c2ccccc2)c1. The third-order valence-corrected chi connectivity index (χ3v) is 2.92. The molecule has 4 nitrogen and oxygen atoms in total. The van der Waals surface area contributed by atoms with Crippen molar-refractivity contribution < 1.29 is 0 Å². The lowest BCUT2D eigenvalue weighted by atomic mass is 10.1. The largest absolute Gasteiger partial charge is 0.329 e. The van der Waals surface area contributed by atoms with Crippen LogP contribution < -0.4 is 11.1 Å². The van der Waals surface area contributed by atoms with Crippen LogP contribution in [0.2, 0.25) is 0 Å². The first-order valence-electron chi connectivity index (χ1n) is 6.32. The Balaban J connectivity index is 2.09. The van der Waals surface area contributed by atoms with E-state index >= 15 is 0 Å². The summed E-state index contributed by atoms with van der Waals surface area (Å²) in [4.78, 5) is 0. The third kappa shape index (κ3) is 3.44. The normalized spacial score (nSPS) is 12.0. The second-order valence-electron chi connectivity index (χ2n) is 4.25. The molecule has 0 radical (unpaired) electrons. The van der Waals surface area contributed by atoms with Crippen molar-refractivity contribution in [1.29, 1.82) is 0 Å². The standard InChI is InChI=1S/C15H18N4/c1-2-3-9-17-15(10-16)13-11-18-19(12-13)14-7-5-4-6-8-14/h1,4-8,11-12,15,17H,3,9-10,16H2. The molecule has 98 valence electrons. The molecule has 0 aliphatic rings. The number of aromatic nitrogens is 2. The first kappa shape index (κ1) is 13.3. The molecule has 0 aliphatic heterocycles.